The minimum atomic E-state index is -4.46. The molecule has 1 aromatic rings. The molecule has 1 rings (SSSR count). The van der Waals surface area contributed by atoms with E-state index in [0.717, 1.165) is 6.08 Å². The standard InChI is InChI=1S/C16H18F3NO3/c1-4-9-20(11-16(17,18)19)15(21)8-6-12-5-7-13(22-2)14(10-12)23-3/h4-8,10H,1,9,11H2,2-3H3/b8-6-. The van der Waals surface area contributed by atoms with Crippen molar-refractivity contribution >= 4 is 12.0 Å². The Bertz CT molecular complexity index is 582. The maximum atomic E-state index is 12.5. The van der Waals surface area contributed by atoms with Gasteiger partial charge >= 0.3 is 6.18 Å². The lowest BCUT2D eigenvalue weighted by Gasteiger charge is -2.20. The van der Waals surface area contributed by atoms with Gasteiger partial charge in [-0.25, -0.2) is 0 Å². The van der Waals surface area contributed by atoms with Crippen LogP contribution < -0.4 is 9.47 Å². The van der Waals surface area contributed by atoms with Gasteiger partial charge in [0.2, 0.25) is 5.91 Å². The van der Waals surface area contributed by atoms with E-state index in [1.807, 2.05) is 0 Å². The average molecular weight is 329 g/mol. The number of methoxy groups -OCH3 is 2. The van der Waals surface area contributed by atoms with Gasteiger partial charge in [0.05, 0.1) is 14.2 Å². The van der Waals surface area contributed by atoms with Gasteiger partial charge in [-0.05, 0) is 23.8 Å². The first-order valence-electron chi connectivity index (χ1n) is 6.67. The zero-order valence-corrected chi connectivity index (χ0v) is 12.9. The van der Waals surface area contributed by atoms with Gasteiger partial charge in [0.25, 0.3) is 0 Å². The highest BCUT2D eigenvalue weighted by Crippen LogP contribution is 2.28. The lowest BCUT2D eigenvalue weighted by atomic mass is 10.2. The number of rotatable bonds is 7. The first-order valence-corrected chi connectivity index (χ1v) is 6.67. The maximum absolute atomic E-state index is 12.5. The van der Waals surface area contributed by atoms with Crippen LogP contribution in [0.15, 0.2) is 36.9 Å². The van der Waals surface area contributed by atoms with Crippen LogP contribution >= 0.6 is 0 Å². The zero-order chi connectivity index (χ0) is 17.5. The van der Waals surface area contributed by atoms with Crippen molar-refractivity contribution in [2.24, 2.45) is 0 Å². The highest BCUT2D eigenvalue weighted by atomic mass is 19.4. The molecule has 0 N–H and O–H groups in total. The normalized spacial score (nSPS) is 11.3. The first kappa shape index (κ1) is 18.6. The summed E-state index contributed by atoms with van der Waals surface area (Å²) in [5.74, 6) is 0.221. The van der Waals surface area contributed by atoms with Crippen molar-refractivity contribution in [1.82, 2.24) is 4.90 Å². The second kappa shape index (κ2) is 8.26. The molecular weight excluding hydrogens is 311 g/mol. The van der Waals surface area contributed by atoms with Gasteiger partial charge < -0.3 is 14.4 Å². The monoisotopic (exact) mass is 329 g/mol. The van der Waals surface area contributed by atoms with Crippen molar-refractivity contribution in [2.45, 2.75) is 6.18 Å². The summed E-state index contributed by atoms with van der Waals surface area (Å²) in [5.41, 5.74) is 0.599. The van der Waals surface area contributed by atoms with E-state index in [-0.39, 0.29) is 6.54 Å². The average Bonchev–Trinajstić information content (AvgIpc) is 2.50. The van der Waals surface area contributed by atoms with Gasteiger partial charge in [-0.3, -0.25) is 4.79 Å². The van der Waals surface area contributed by atoms with Crippen LogP contribution in [0.1, 0.15) is 5.56 Å². The SMILES string of the molecule is C=CCN(CC(F)(F)F)C(=O)/C=C\c1ccc(OC)c(OC)c1. The van der Waals surface area contributed by atoms with E-state index >= 15 is 0 Å². The number of alkyl halides is 3. The quantitative estimate of drug-likeness (QED) is 0.569. The lowest BCUT2D eigenvalue weighted by molar-refractivity contribution is -0.157. The summed E-state index contributed by atoms with van der Waals surface area (Å²) in [7, 11) is 2.95. The van der Waals surface area contributed by atoms with Gasteiger partial charge in [0, 0.05) is 12.6 Å². The predicted octanol–water partition coefficient (Wildman–Crippen LogP) is 3.29. The molecule has 0 spiro atoms. The van der Waals surface area contributed by atoms with Gasteiger partial charge in [-0.2, -0.15) is 13.2 Å². The molecule has 126 valence electrons. The largest absolute Gasteiger partial charge is 0.493 e. The van der Waals surface area contributed by atoms with E-state index in [9.17, 15) is 18.0 Å². The molecule has 0 heterocycles. The van der Waals surface area contributed by atoms with Crippen LogP contribution in [-0.2, 0) is 4.79 Å². The fourth-order valence-corrected chi connectivity index (χ4v) is 1.83. The molecule has 0 bridgehead atoms. The van der Waals surface area contributed by atoms with Crippen LogP contribution in [0.4, 0.5) is 13.2 Å². The fourth-order valence-electron chi connectivity index (χ4n) is 1.83. The first-order chi connectivity index (χ1) is 10.8. The van der Waals surface area contributed by atoms with Crippen molar-refractivity contribution in [2.75, 3.05) is 27.3 Å². The van der Waals surface area contributed by atoms with Crippen molar-refractivity contribution in [3.05, 3.63) is 42.5 Å². The molecule has 0 saturated heterocycles. The number of hydrogen-bond donors (Lipinski definition) is 0. The Balaban J connectivity index is 2.89. The Morgan fingerprint density at radius 1 is 1.26 bits per heavy atom. The van der Waals surface area contributed by atoms with E-state index in [2.05, 4.69) is 6.58 Å². The van der Waals surface area contributed by atoms with Crippen LogP contribution in [0, 0.1) is 0 Å². The summed E-state index contributed by atoms with van der Waals surface area (Å²) < 4.78 is 47.6. The Kier molecular flexibility index (Phi) is 6.68. The summed E-state index contributed by atoms with van der Waals surface area (Å²) >= 11 is 0. The molecule has 0 atom stereocenters. The molecule has 0 aromatic heterocycles. The summed E-state index contributed by atoms with van der Waals surface area (Å²) in [5, 5.41) is 0. The van der Waals surface area contributed by atoms with Crippen LogP contribution in [0.5, 0.6) is 11.5 Å². The highest BCUT2D eigenvalue weighted by Gasteiger charge is 2.31. The predicted molar refractivity (Wildman–Crippen MR) is 81.4 cm³/mol. The molecule has 0 unspecified atom stereocenters. The molecule has 7 heteroatoms. The third-order valence-electron chi connectivity index (χ3n) is 2.86. The Morgan fingerprint density at radius 2 is 1.91 bits per heavy atom. The number of benzene rings is 1. The maximum Gasteiger partial charge on any atom is 0.406 e. The van der Waals surface area contributed by atoms with Crippen molar-refractivity contribution < 1.29 is 27.4 Å². The second-order valence-electron chi connectivity index (χ2n) is 4.57. The number of nitrogens with zero attached hydrogens (tertiary/aromatic N) is 1. The summed E-state index contributed by atoms with van der Waals surface area (Å²) in [6.45, 7) is 1.85. The van der Waals surface area contributed by atoms with E-state index < -0.39 is 18.6 Å². The minimum Gasteiger partial charge on any atom is -0.493 e. The van der Waals surface area contributed by atoms with Crippen LogP contribution in [0.25, 0.3) is 6.08 Å². The number of amides is 1. The molecule has 0 aliphatic carbocycles. The zero-order valence-electron chi connectivity index (χ0n) is 12.9. The number of halogens is 3. The van der Waals surface area contributed by atoms with Crippen LogP contribution in [0.2, 0.25) is 0 Å². The van der Waals surface area contributed by atoms with Gasteiger partial charge in [0.15, 0.2) is 11.5 Å². The number of ether oxygens (including phenoxy) is 2. The molecule has 0 aliphatic rings. The molecule has 1 aromatic carbocycles. The molecule has 4 nitrogen and oxygen atoms in total. The third kappa shape index (κ3) is 6.06. The van der Waals surface area contributed by atoms with Gasteiger partial charge in [0.1, 0.15) is 6.54 Å². The number of carbonyl (C=O) groups excluding carboxylic acids is 1. The Hall–Kier alpha value is -2.44. The van der Waals surface area contributed by atoms with Crippen molar-refractivity contribution in [1.29, 1.82) is 0 Å². The number of carbonyl (C=O) groups is 1. The molecule has 23 heavy (non-hydrogen) atoms. The molecule has 0 fully saturated rings. The molecular formula is C16H18F3NO3. The summed E-state index contributed by atoms with van der Waals surface area (Å²) in [4.78, 5) is 12.6. The Labute approximate surface area is 132 Å². The van der Waals surface area contributed by atoms with Crippen LogP contribution in [-0.4, -0.2) is 44.3 Å². The van der Waals surface area contributed by atoms with Gasteiger partial charge in [-0.1, -0.05) is 12.1 Å². The summed E-state index contributed by atoms with van der Waals surface area (Å²) in [6, 6.07) is 4.91. The smallest absolute Gasteiger partial charge is 0.406 e. The highest BCUT2D eigenvalue weighted by molar-refractivity contribution is 5.92. The molecule has 0 radical (unpaired) electrons. The van der Waals surface area contributed by atoms with Gasteiger partial charge in [-0.15, -0.1) is 6.58 Å². The topological polar surface area (TPSA) is 38.8 Å². The second-order valence-corrected chi connectivity index (χ2v) is 4.57. The molecule has 1 amide bonds. The van der Waals surface area contributed by atoms with E-state index in [1.165, 1.54) is 26.4 Å². The molecule has 0 saturated carbocycles. The lowest BCUT2D eigenvalue weighted by Crippen LogP contribution is -2.38. The minimum absolute atomic E-state index is 0.186. The van der Waals surface area contributed by atoms with E-state index in [4.69, 9.17) is 9.47 Å². The van der Waals surface area contributed by atoms with Crippen LogP contribution in [0.3, 0.4) is 0 Å². The molecule has 0 aliphatic heterocycles. The summed E-state index contributed by atoms with van der Waals surface area (Å²) in [6.07, 6.45) is -0.725. The van der Waals surface area contributed by atoms with Crippen molar-refractivity contribution in [3.8, 4) is 11.5 Å². The van der Waals surface area contributed by atoms with E-state index in [0.29, 0.717) is 22.0 Å². The third-order valence-corrected chi connectivity index (χ3v) is 2.86. The van der Waals surface area contributed by atoms with E-state index in [1.54, 1.807) is 18.2 Å². The number of hydrogen-bond acceptors (Lipinski definition) is 3. The fraction of sp³-hybridized carbons (Fsp3) is 0.312. The Morgan fingerprint density at radius 3 is 2.43 bits per heavy atom. The van der Waals surface area contributed by atoms with Crippen molar-refractivity contribution in [3.63, 3.8) is 0 Å².